The molecule has 6 nitrogen and oxygen atoms in total. The normalized spacial score (nSPS) is 13.9. The van der Waals surface area contributed by atoms with E-state index in [9.17, 15) is 19.5 Å². The van der Waals surface area contributed by atoms with Gasteiger partial charge in [0.2, 0.25) is 0 Å². The fourth-order valence-electron chi connectivity index (χ4n) is 1.80. The number of rotatable bonds is 4. The van der Waals surface area contributed by atoms with Crippen molar-refractivity contribution in [1.29, 1.82) is 0 Å². The SMILES string of the molecule is COCCN1C(=O)c2ccc(C(=O)[O-])cc2C1=O. The second-order valence-electron chi connectivity index (χ2n) is 3.80. The summed E-state index contributed by atoms with van der Waals surface area (Å²) in [6, 6.07) is 3.74. The molecule has 1 aliphatic heterocycles. The number of amides is 2. The van der Waals surface area contributed by atoms with E-state index in [0.717, 1.165) is 11.0 Å². The van der Waals surface area contributed by atoms with Crippen LogP contribution < -0.4 is 5.11 Å². The van der Waals surface area contributed by atoms with Gasteiger partial charge in [-0.05, 0) is 17.7 Å². The standard InChI is InChI=1S/C12H11NO5/c1-18-5-4-13-10(14)8-3-2-7(12(16)17)6-9(8)11(13)15/h2-3,6H,4-5H2,1H3,(H,16,17)/p-1. The number of hydrogen-bond acceptors (Lipinski definition) is 5. The number of benzene rings is 1. The summed E-state index contributed by atoms with van der Waals surface area (Å²) in [7, 11) is 1.46. The summed E-state index contributed by atoms with van der Waals surface area (Å²) in [5.74, 6) is -2.32. The highest BCUT2D eigenvalue weighted by atomic mass is 16.5. The molecule has 0 saturated carbocycles. The summed E-state index contributed by atoms with van der Waals surface area (Å²) in [5, 5.41) is 10.7. The van der Waals surface area contributed by atoms with Gasteiger partial charge in [0.25, 0.3) is 11.8 Å². The number of carbonyl (C=O) groups excluding carboxylic acids is 3. The first kappa shape index (κ1) is 12.3. The van der Waals surface area contributed by atoms with Crippen LogP contribution in [0.1, 0.15) is 31.1 Å². The predicted octanol–water partition coefficient (Wildman–Crippen LogP) is -0.708. The van der Waals surface area contributed by atoms with Crippen molar-refractivity contribution in [2.75, 3.05) is 20.3 Å². The Morgan fingerprint density at radius 2 is 1.94 bits per heavy atom. The highest BCUT2D eigenvalue weighted by Gasteiger charge is 2.35. The van der Waals surface area contributed by atoms with Gasteiger partial charge in [0.1, 0.15) is 0 Å². The Balaban J connectivity index is 2.36. The summed E-state index contributed by atoms with van der Waals surface area (Å²) in [6.45, 7) is 0.377. The van der Waals surface area contributed by atoms with Crippen LogP contribution in [0.15, 0.2) is 18.2 Å². The van der Waals surface area contributed by atoms with Crippen molar-refractivity contribution in [3.8, 4) is 0 Å². The zero-order chi connectivity index (χ0) is 13.3. The van der Waals surface area contributed by atoms with E-state index in [0.29, 0.717) is 0 Å². The summed E-state index contributed by atoms with van der Waals surface area (Å²) in [5.41, 5.74) is 0.183. The van der Waals surface area contributed by atoms with E-state index in [4.69, 9.17) is 4.74 Å². The molecule has 0 bridgehead atoms. The van der Waals surface area contributed by atoms with Crippen molar-refractivity contribution in [2.24, 2.45) is 0 Å². The number of carboxylic acid groups (broad SMARTS) is 1. The molecule has 2 rings (SSSR count). The molecule has 0 aromatic heterocycles. The minimum absolute atomic E-state index is 0.0952. The average molecular weight is 248 g/mol. The van der Waals surface area contributed by atoms with Crippen LogP contribution in [0.4, 0.5) is 0 Å². The zero-order valence-corrected chi connectivity index (χ0v) is 9.63. The van der Waals surface area contributed by atoms with Gasteiger partial charge < -0.3 is 14.6 Å². The van der Waals surface area contributed by atoms with E-state index in [1.807, 2.05) is 0 Å². The maximum absolute atomic E-state index is 11.9. The number of aromatic carboxylic acids is 1. The molecule has 0 fully saturated rings. The molecule has 1 aliphatic rings. The molecule has 0 spiro atoms. The Kier molecular flexibility index (Phi) is 3.12. The number of fused-ring (bicyclic) bond motifs is 1. The topological polar surface area (TPSA) is 86.7 Å². The van der Waals surface area contributed by atoms with Crippen LogP contribution >= 0.6 is 0 Å². The third-order valence-corrected chi connectivity index (χ3v) is 2.73. The lowest BCUT2D eigenvalue weighted by Crippen LogP contribution is -2.32. The fourth-order valence-corrected chi connectivity index (χ4v) is 1.80. The van der Waals surface area contributed by atoms with E-state index in [-0.39, 0.29) is 29.8 Å². The Morgan fingerprint density at radius 1 is 1.28 bits per heavy atom. The molecule has 0 saturated heterocycles. The van der Waals surface area contributed by atoms with Crippen LogP contribution in [-0.4, -0.2) is 42.9 Å². The van der Waals surface area contributed by atoms with Crippen LogP contribution in [0.5, 0.6) is 0 Å². The van der Waals surface area contributed by atoms with Crippen molar-refractivity contribution in [3.63, 3.8) is 0 Å². The first-order valence-electron chi connectivity index (χ1n) is 5.26. The Labute approximate surface area is 103 Å². The number of nitrogens with zero attached hydrogens (tertiary/aromatic N) is 1. The van der Waals surface area contributed by atoms with Crippen LogP contribution in [0.3, 0.4) is 0 Å². The lowest BCUT2D eigenvalue weighted by Gasteiger charge is -2.12. The first-order chi connectivity index (χ1) is 8.56. The van der Waals surface area contributed by atoms with Gasteiger partial charge in [-0.1, -0.05) is 6.07 Å². The average Bonchev–Trinajstić information content (AvgIpc) is 2.59. The smallest absolute Gasteiger partial charge is 0.261 e. The largest absolute Gasteiger partial charge is 0.545 e. The van der Waals surface area contributed by atoms with Gasteiger partial charge in [-0.2, -0.15) is 0 Å². The summed E-state index contributed by atoms with van der Waals surface area (Å²) in [4.78, 5) is 35.5. The minimum Gasteiger partial charge on any atom is -0.545 e. The Morgan fingerprint density at radius 3 is 2.56 bits per heavy atom. The van der Waals surface area contributed by atoms with E-state index in [1.54, 1.807) is 0 Å². The molecule has 1 aromatic carbocycles. The number of carboxylic acids is 1. The number of ether oxygens (including phenoxy) is 1. The van der Waals surface area contributed by atoms with Crippen LogP contribution in [0.2, 0.25) is 0 Å². The molecule has 94 valence electrons. The number of carbonyl (C=O) groups is 3. The molecular formula is C12H10NO5-. The van der Waals surface area contributed by atoms with E-state index >= 15 is 0 Å². The van der Waals surface area contributed by atoms with Gasteiger partial charge in [0, 0.05) is 7.11 Å². The minimum atomic E-state index is -1.38. The molecule has 2 amide bonds. The molecule has 0 aliphatic carbocycles. The quantitative estimate of drug-likeness (QED) is 0.657. The molecule has 1 aromatic rings. The molecule has 0 N–H and O–H groups in total. The molecule has 0 atom stereocenters. The lowest BCUT2D eigenvalue weighted by atomic mass is 10.1. The maximum atomic E-state index is 11.9. The Hall–Kier alpha value is -2.21. The summed E-state index contributed by atoms with van der Waals surface area (Å²) in [6.07, 6.45) is 0. The van der Waals surface area contributed by atoms with Crippen molar-refractivity contribution in [3.05, 3.63) is 34.9 Å². The van der Waals surface area contributed by atoms with Crippen LogP contribution in [-0.2, 0) is 4.74 Å². The number of methoxy groups -OCH3 is 1. The van der Waals surface area contributed by atoms with Crippen molar-refractivity contribution >= 4 is 17.8 Å². The van der Waals surface area contributed by atoms with Crippen molar-refractivity contribution < 1.29 is 24.2 Å². The number of imide groups is 1. The van der Waals surface area contributed by atoms with Gasteiger partial charge in [-0.25, -0.2) is 0 Å². The fraction of sp³-hybridized carbons (Fsp3) is 0.250. The van der Waals surface area contributed by atoms with Gasteiger partial charge in [0.05, 0.1) is 30.2 Å². The third kappa shape index (κ3) is 1.86. The second-order valence-corrected chi connectivity index (χ2v) is 3.80. The zero-order valence-electron chi connectivity index (χ0n) is 9.63. The second kappa shape index (κ2) is 4.58. The molecular weight excluding hydrogens is 238 g/mol. The van der Waals surface area contributed by atoms with Gasteiger partial charge in [-0.3, -0.25) is 14.5 Å². The monoisotopic (exact) mass is 248 g/mol. The van der Waals surface area contributed by atoms with Crippen molar-refractivity contribution in [1.82, 2.24) is 4.90 Å². The number of hydrogen-bond donors (Lipinski definition) is 0. The molecule has 1 heterocycles. The maximum Gasteiger partial charge on any atom is 0.261 e. The highest BCUT2D eigenvalue weighted by Crippen LogP contribution is 2.23. The Bertz CT molecular complexity index is 537. The van der Waals surface area contributed by atoms with E-state index < -0.39 is 17.8 Å². The van der Waals surface area contributed by atoms with Crippen molar-refractivity contribution in [2.45, 2.75) is 0 Å². The van der Waals surface area contributed by atoms with Crippen LogP contribution in [0, 0.1) is 0 Å². The molecule has 0 radical (unpaired) electrons. The summed E-state index contributed by atoms with van der Waals surface area (Å²) >= 11 is 0. The van der Waals surface area contributed by atoms with Gasteiger partial charge in [-0.15, -0.1) is 0 Å². The highest BCUT2D eigenvalue weighted by molar-refractivity contribution is 6.21. The van der Waals surface area contributed by atoms with Crippen LogP contribution in [0.25, 0.3) is 0 Å². The van der Waals surface area contributed by atoms with E-state index in [2.05, 4.69) is 0 Å². The van der Waals surface area contributed by atoms with Gasteiger partial charge in [0.15, 0.2) is 0 Å². The van der Waals surface area contributed by atoms with E-state index in [1.165, 1.54) is 19.2 Å². The lowest BCUT2D eigenvalue weighted by molar-refractivity contribution is -0.255. The molecule has 0 unspecified atom stereocenters. The first-order valence-corrected chi connectivity index (χ1v) is 5.26. The predicted molar refractivity (Wildman–Crippen MR) is 58.0 cm³/mol. The third-order valence-electron chi connectivity index (χ3n) is 2.73. The summed E-state index contributed by atoms with van der Waals surface area (Å²) < 4.78 is 4.81. The molecule has 18 heavy (non-hydrogen) atoms. The molecule has 6 heteroatoms. The van der Waals surface area contributed by atoms with Gasteiger partial charge >= 0.3 is 0 Å².